The maximum Gasteiger partial charge on any atom is 0.407 e. The Morgan fingerprint density at radius 1 is 1.32 bits per heavy atom. The first kappa shape index (κ1) is 13.4. The van der Waals surface area contributed by atoms with Crippen molar-refractivity contribution in [2.75, 3.05) is 6.61 Å². The van der Waals surface area contributed by atoms with Gasteiger partial charge in [-0.05, 0) is 24.3 Å². The third-order valence-corrected chi connectivity index (χ3v) is 3.02. The van der Waals surface area contributed by atoms with Crippen LogP contribution < -0.4 is 5.32 Å². The summed E-state index contributed by atoms with van der Waals surface area (Å²) >= 11 is 0. The number of carboxylic acid groups (broad SMARTS) is 1. The molecule has 1 amide bonds. The van der Waals surface area contributed by atoms with Gasteiger partial charge in [0, 0.05) is 6.42 Å². The number of ether oxygens (including phenoxy) is 1. The average Bonchev–Trinajstić information content (AvgIpc) is 3.21. The normalized spacial score (nSPS) is 15.6. The molecule has 0 unspecified atom stereocenters. The van der Waals surface area contributed by atoms with Crippen molar-refractivity contribution in [3.05, 3.63) is 35.9 Å². The van der Waals surface area contributed by atoms with Crippen molar-refractivity contribution in [2.24, 2.45) is 5.92 Å². The highest BCUT2D eigenvalue weighted by atomic mass is 16.5. The smallest absolute Gasteiger partial charge is 0.407 e. The van der Waals surface area contributed by atoms with E-state index in [0.29, 0.717) is 12.5 Å². The Hall–Kier alpha value is -2.04. The fraction of sp³-hybridized carbons (Fsp3) is 0.429. The zero-order valence-electron chi connectivity index (χ0n) is 10.5. The van der Waals surface area contributed by atoms with Crippen molar-refractivity contribution in [3.8, 4) is 0 Å². The molecule has 1 saturated carbocycles. The number of carbonyl (C=O) groups excluding carboxylic acids is 1. The third-order valence-electron chi connectivity index (χ3n) is 3.02. The zero-order chi connectivity index (χ0) is 13.7. The molecule has 1 atom stereocenters. The summed E-state index contributed by atoms with van der Waals surface area (Å²) in [6.07, 6.45) is 1.75. The van der Waals surface area contributed by atoms with E-state index in [0.717, 1.165) is 18.4 Å². The molecule has 2 N–H and O–H groups in total. The monoisotopic (exact) mass is 263 g/mol. The number of nitrogens with one attached hydrogen (secondary N) is 1. The summed E-state index contributed by atoms with van der Waals surface area (Å²) in [6.45, 7) is 0.378. The van der Waals surface area contributed by atoms with Gasteiger partial charge in [0.25, 0.3) is 0 Å². The van der Waals surface area contributed by atoms with Crippen LogP contribution in [0.4, 0.5) is 4.79 Å². The minimum atomic E-state index is -1.06. The highest BCUT2D eigenvalue weighted by Gasteiger charge is 2.25. The zero-order valence-corrected chi connectivity index (χ0v) is 10.5. The summed E-state index contributed by atoms with van der Waals surface area (Å²) < 4.78 is 4.97. The molecule has 0 spiro atoms. The van der Waals surface area contributed by atoms with Crippen LogP contribution in [0.25, 0.3) is 0 Å². The molecule has 1 fully saturated rings. The number of hydrogen-bond donors (Lipinski definition) is 2. The molecule has 0 aliphatic heterocycles. The summed E-state index contributed by atoms with van der Waals surface area (Å²) in [5.74, 6) is -0.602. The Labute approximate surface area is 111 Å². The number of amides is 1. The molecule has 2 rings (SSSR count). The topological polar surface area (TPSA) is 75.6 Å². The molecule has 0 aromatic heterocycles. The molecule has 5 nitrogen and oxygen atoms in total. The molecule has 5 heteroatoms. The summed E-state index contributed by atoms with van der Waals surface area (Å²) in [4.78, 5) is 22.6. The SMILES string of the molecule is O=C(N[C@@H](Cc1ccccc1)C(=O)O)OCC1CC1. The number of hydrogen-bond acceptors (Lipinski definition) is 3. The van der Waals surface area contributed by atoms with Gasteiger partial charge in [-0.3, -0.25) is 0 Å². The van der Waals surface area contributed by atoms with Crippen LogP contribution >= 0.6 is 0 Å². The van der Waals surface area contributed by atoms with E-state index in [1.54, 1.807) is 0 Å². The van der Waals surface area contributed by atoms with Gasteiger partial charge in [0.05, 0.1) is 6.61 Å². The van der Waals surface area contributed by atoms with Crippen molar-refractivity contribution in [2.45, 2.75) is 25.3 Å². The molecule has 1 aromatic rings. The Morgan fingerprint density at radius 3 is 2.58 bits per heavy atom. The quantitative estimate of drug-likeness (QED) is 0.820. The maximum absolute atomic E-state index is 11.5. The second kappa shape index (κ2) is 6.22. The first-order chi connectivity index (χ1) is 9.15. The standard InChI is InChI=1S/C14H17NO4/c16-13(17)12(8-10-4-2-1-3-5-10)15-14(18)19-9-11-6-7-11/h1-5,11-12H,6-9H2,(H,15,18)(H,16,17)/t12-/m0/s1. The maximum atomic E-state index is 11.5. The molecular formula is C14H17NO4. The lowest BCUT2D eigenvalue weighted by Crippen LogP contribution is -2.42. The number of benzene rings is 1. The fourth-order valence-corrected chi connectivity index (χ4v) is 1.71. The molecular weight excluding hydrogens is 246 g/mol. The van der Waals surface area contributed by atoms with Crippen molar-refractivity contribution in [3.63, 3.8) is 0 Å². The van der Waals surface area contributed by atoms with E-state index in [1.165, 1.54) is 0 Å². The van der Waals surface area contributed by atoms with Crippen molar-refractivity contribution < 1.29 is 19.4 Å². The molecule has 102 valence electrons. The predicted octanol–water partition coefficient (Wildman–Crippen LogP) is 1.82. The molecule has 0 heterocycles. The van der Waals surface area contributed by atoms with Gasteiger partial charge >= 0.3 is 12.1 Å². The minimum Gasteiger partial charge on any atom is -0.480 e. The van der Waals surface area contributed by atoms with E-state index in [4.69, 9.17) is 9.84 Å². The largest absolute Gasteiger partial charge is 0.480 e. The van der Waals surface area contributed by atoms with Gasteiger partial charge < -0.3 is 15.2 Å². The molecule has 1 aliphatic carbocycles. The number of alkyl carbamates (subject to hydrolysis) is 1. The first-order valence-corrected chi connectivity index (χ1v) is 6.35. The molecule has 0 bridgehead atoms. The number of aliphatic carboxylic acids is 1. The summed E-state index contributed by atoms with van der Waals surface area (Å²) in [5.41, 5.74) is 0.859. The molecule has 19 heavy (non-hydrogen) atoms. The molecule has 1 aliphatic rings. The fourth-order valence-electron chi connectivity index (χ4n) is 1.71. The Kier molecular flexibility index (Phi) is 4.39. The van der Waals surface area contributed by atoms with Gasteiger partial charge in [0.15, 0.2) is 0 Å². The Morgan fingerprint density at radius 2 is 2.00 bits per heavy atom. The van der Waals surface area contributed by atoms with Gasteiger partial charge in [-0.15, -0.1) is 0 Å². The van der Waals surface area contributed by atoms with Crippen LogP contribution in [0.1, 0.15) is 18.4 Å². The number of rotatable bonds is 6. The summed E-state index contributed by atoms with van der Waals surface area (Å²) in [7, 11) is 0. The average molecular weight is 263 g/mol. The van der Waals surface area contributed by atoms with Crippen LogP contribution in [-0.4, -0.2) is 29.8 Å². The Bertz CT molecular complexity index is 442. The van der Waals surface area contributed by atoms with Crippen LogP contribution in [0.3, 0.4) is 0 Å². The summed E-state index contributed by atoms with van der Waals surface area (Å²) in [5, 5.41) is 11.5. The van der Waals surface area contributed by atoms with Gasteiger partial charge in [0.1, 0.15) is 6.04 Å². The van der Waals surface area contributed by atoms with Crippen LogP contribution in [0.5, 0.6) is 0 Å². The third kappa shape index (κ3) is 4.62. The van der Waals surface area contributed by atoms with Crippen LogP contribution in [0, 0.1) is 5.92 Å². The number of carboxylic acids is 1. The number of carbonyl (C=O) groups is 2. The minimum absolute atomic E-state index is 0.245. The van der Waals surface area contributed by atoms with Crippen molar-refractivity contribution in [1.82, 2.24) is 5.32 Å². The van der Waals surface area contributed by atoms with Gasteiger partial charge in [0.2, 0.25) is 0 Å². The van der Waals surface area contributed by atoms with Crippen molar-refractivity contribution in [1.29, 1.82) is 0 Å². The van der Waals surface area contributed by atoms with Crippen molar-refractivity contribution >= 4 is 12.1 Å². The molecule has 1 aromatic carbocycles. The van der Waals surface area contributed by atoms with E-state index in [1.807, 2.05) is 30.3 Å². The Balaban J connectivity index is 1.84. The van der Waals surface area contributed by atoms with E-state index >= 15 is 0 Å². The van der Waals surface area contributed by atoms with Gasteiger partial charge in [-0.25, -0.2) is 9.59 Å². The van der Waals surface area contributed by atoms with E-state index in [2.05, 4.69) is 5.32 Å². The van der Waals surface area contributed by atoms with E-state index < -0.39 is 18.1 Å². The van der Waals surface area contributed by atoms with E-state index in [9.17, 15) is 9.59 Å². The first-order valence-electron chi connectivity index (χ1n) is 6.35. The lowest BCUT2D eigenvalue weighted by Gasteiger charge is -2.14. The van der Waals surface area contributed by atoms with Crippen LogP contribution in [0.15, 0.2) is 30.3 Å². The predicted molar refractivity (Wildman–Crippen MR) is 68.8 cm³/mol. The van der Waals surface area contributed by atoms with Crippen LogP contribution in [0.2, 0.25) is 0 Å². The lowest BCUT2D eigenvalue weighted by atomic mass is 10.1. The molecule has 0 saturated heterocycles. The second-order valence-electron chi connectivity index (χ2n) is 4.77. The lowest BCUT2D eigenvalue weighted by molar-refractivity contribution is -0.139. The highest BCUT2D eigenvalue weighted by molar-refractivity contribution is 5.80. The van der Waals surface area contributed by atoms with Gasteiger partial charge in [-0.1, -0.05) is 30.3 Å². The summed E-state index contributed by atoms with van der Waals surface area (Å²) in [6, 6.07) is 8.21. The second-order valence-corrected chi connectivity index (χ2v) is 4.77. The van der Waals surface area contributed by atoms with Crippen LogP contribution in [-0.2, 0) is 16.0 Å². The van der Waals surface area contributed by atoms with E-state index in [-0.39, 0.29) is 6.42 Å². The van der Waals surface area contributed by atoms with Gasteiger partial charge in [-0.2, -0.15) is 0 Å². The molecule has 0 radical (unpaired) electrons. The highest BCUT2D eigenvalue weighted by Crippen LogP contribution is 2.28.